The minimum atomic E-state index is -0.254. The average molecular weight is 241 g/mol. The van der Waals surface area contributed by atoms with Crippen molar-refractivity contribution in [3.05, 3.63) is 5.82 Å². The third kappa shape index (κ3) is 2.22. The van der Waals surface area contributed by atoms with E-state index in [0.717, 1.165) is 0 Å². The Morgan fingerprint density at radius 3 is 2.41 bits per heavy atom. The third-order valence-corrected chi connectivity index (χ3v) is 2.81. The van der Waals surface area contributed by atoms with Crippen molar-refractivity contribution < 1.29 is 14.3 Å². The van der Waals surface area contributed by atoms with Crippen LogP contribution in [-0.2, 0) is 9.47 Å². The number of nitrogens with one attached hydrogen (secondary N) is 1. The zero-order valence-electron chi connectivity index (χ0n) is 9.71. The number of anilines is 1. The van der Waals surface area contributed by atoms with Crippen molar-refractivity contribution in [2.45, 2.75) is 12.2 Å². The largest absolute Gasteiger partial charge is 0.377 e. The molecule has 1 aromatic heterocycles. The lowest BCUT2D eigenvalue weighted by molar-refractivity contribution is -0.00461. The monoisotopic (exact) mass is 241 g/mol. The maximum absolute atomic E-state index is 12.0. The fourth-order valence-electron chi connectivity index (χ4n) is 1.88. The summed E-state index contributed by atoms with van der Waals surface area (Å²) < 4.78 is 10.5. The second-order valence-electron chi connectivity index (χ2n) is 3.80. The van der Waals surface area contributed by atoms with E-state index in [9.17, 15) is 4.79 Å². The molecule has 8 heteroatoms. The molecule has 94 valence electrons. The van der Waals surface area contributed by atoms with E-state index >= 15 is 0 Å². The molecule has 2 heterocycles. The van der Waals surface area contributed by atoms with Crippen LogP contribution in [0.25, 0.3) is 0 Å². The molecule has 2 rings (SSSR count). The van der Waals surface area contributed by atoms with Gasteiger partial charge in [0.1, 0.15) is 12.2 Å². The Balaban J connectivity index is 2.07. The first-order valence-electron chi connectivity index (χ1n) is 5.18. The maximum atomic E-state index is 12.0. The summed E-state index contributed by atoms with van der Waals surface area (Å²) in [5, 5.41) is 6.11. The molecule has 17 heavy (non-hydrogen) atoms. The van der Waals surface area contributed by atoms with Crippen molar-refractivity contribution in [1.29, 1.82) is 0 Å². The number of aromatic amines is 1. The Morgan fingerprint density at radius 1 is 1.41 bits per heavy atom. The Morgan fingerprint density at radius 2 is 2.00 bits per heavy atom. The summed E-state index contributed by atoms with van der Waals surface area (Å²) >= 11 is 0. The summed E-state index contributed by atoms with van der Waals surface area (Å²) in [6.07, 6.45) is -0.242. The standard InChI is InChI=1S/C9H15N5O3/c1-16-5-3-14(4-6(5)17-2)8(15)7-11-9(10)13-12-7/h5-6H,3-4H2,1-2H3,(H3,10,11,12,13). The Kier molecular flexibility index (Phi) is 3.25. The topological polar surface area (TPSA) is 106 Å². The van der Waals surface area contributed by atoms with Gasteiger partial charge in [-0.05, 0) is 0 Å². The van der Waals surface area contributed by atoms with Gasteiger partial charge in [0.2, 0.25) is 11.8 Å². The fourth-order valence-corrected chi connectivity index (χ4v) is 1.88. The number of rotatable bonds is 3. The van der Waals surface area contributed by atoms with E-state index in [2.05, 4.69) is 15.2 Å². The number of carbonyl (C=O) groups is 1. The van der Waals surface area contributed by atoms with Gasteiger partial charge in [-0.15, -0.1) is 5.10 Å². The van der Waals surface area contributed by atoms with E-state index in [1.807, 2.05) is 0 Å². The molecule has 1 amide bonds. The van der Waals surface area contributed by atoms with Gasteiger partial charge in [0.25, 0.3) is 5.91 Å². The van der Waals surface area contributed by atoms with E-state index in [1.54, 1.807) is 19.1 Å². The van der Waals surface area contributed by atoms with E-state index < -0.39 is 0 Å². The van der Waals surface area contributed by atoms with Crippen LogP contribution in [0.1, 0.15) is 10.6 Å². The zero-order chi connectivity index (χ0) is 12.4. The first-order chi connectivity index (χ1) is 8.15. The highest BCUT2D eigenvalue weighted by Gasteiger charge is 2.36. The number of aromatic nitrogens is 3. The van der Waals surface area contributed by atoms with Gasteiger partial charge in [-0.3, -0.25) is 9.89 Å². The lowest BCUT2D eigenvalue weighted by Crippen LogP contribution is -2.30. The minimum absolute atomic E-state index is 0.0547. The van der Waals surface area contributed by atoms with Crippen molar-refractivity contribution in [3.8, 4) is 0 Å². The van der Waals surface area contributed by atoms with Gasteiger partial charge in [-0.2, -0.15) is 4.98 Å². The number of methoxy groups -OCH3 is 2. The molecule has 0 spiro atoms. The number of ether oxygens (including phenoxy) is 2. The average Bonchev–Trinajstić information content (AvgIpc) is 2.93. The number of H-pyrrole nitrogens is 1. The van der Waals surface area contributed by atoms with Gasteiger partial charge in [-0.1, -0.05) is 0 Å². The molecule has 1 fully saturated rings. The van der Waals surface area contributed by atoms with Crippen LogP contribution in [0, 0.1) is 0 Å². The third-order valence-electron chi connectivity index (χ3n) is 2.81. The molecule has 8 nitrogen and oxygen atoms in total. The zero-order valence-corrected chi connectivity index (χ0v) is 9.71. The molecule has 1 saturated heterocycles. The molecule has 1 aliphatic heterocycles. The van der Waals surface area contributed by atoms with Crippen LogP contribution in [0.4, 0.5) is 5.95 Å². The smallest absolute Gasteiger partial charge is 0.291 e. The number of carbonyl (C=O) groups excluding carboxylic acids is 1. The number of nitrogens with zero attached hydrogens (tertiary/aromatic N) is 3. The molecule has 2 unspecified atom stereocenters. The minimum Gasteiger partial charge on any atom is -0.377 e. The van der Waals surface area contributed by atoms with Crippen LogP contribution in [0.5, 0.6) is 0 Å². The fraction of sp³-hybridized carbons (Fsp3) is 0.667. The van der Waals surface area contributed by atoms with Crippen molar-refractivity contribution in [2.75, 3.05) is 33.0 Å². The number of hydrogen-bond acceptors (Lipinski definition) is 6. The lowest BCUT2D eigenvalue weighted by atomic mass is 10.3. The van der Waals surface area contributed by atoms with Gasteiger partial charge in [0, 0.05) is 27.3 Å². The van der Waals surface area contributed by atoms with Gasteiger partial charge in [-0.25, -0.2) is 0 Å². The predicted octanol–water partition coefficient (Wildman–Crippen LogP) is -1.13. The van der Waals surface area contributed by atoms with Gasteiger partial charge >= 0.3 is 0 Å². The highest BCUT2D eigenvalue weighted by molar-refractivity contribution is 5.91. The van der Waals surface area contributed by atoms with Crippen molar-refractivity contribution in [2.24, 2.45) is 0 Å². The van der Waals surface area contributed by atoms with E-state index in [1.165, 1.54) is 0 Å². The molecular formula is C9H15N5O3. The Hall–Kier alpha value is -1.67. The molecule has 0 saturated carbocycles. The summed E-state index contributed by atoms with van der Waals surface area (Å²) in [5.41, 5.74) is 5.35. The number of likely N-dealkylation sites (tertiary alicyclic amines) is 1. The van der Waals surface area contributed by atoms with Gasteiger partial charge in [0.05, 0.1) is 0 Å². The van der Waals surface area contributed by atoms with Crippen LogP contribution in [-0.4, -0.2) is 65.5 Å². The van der Waals surface area contributed by atoms with Crippen LogP contribution in [0.2, 0.25) is 0 Å². The lowest BCUT2D eigenvalue weighted by Gasteiger charge is -2.13. The second kappa shape index (κ2) is 4.68. The van der Waals surface area contributed by atoms with E-state index in [4.69, 9.17) is 15.2 Å². The van der Waals surface area contributed by atoms with E-state index in [-0.39, 0.29) is 29.9 Å². The molecule has 0 aliphatic carbocycles. The van der Waals surface area contributed by atoms with E-state index in [0.29, 0.717) is 13.1 Å². The second-order valence-corrected chi connectivity index (χ2v) is 3.80. The summed E-state index contributed by atoms with van der Waals surface area (Å²) in [6.45, 7) is 0.933. The van der Waals surface area contributed by atoms with Gasteiger partial charge < -0.3 is 20.1 Å². The molecule has 0 bridgehead atoms. The van der Waals surface area contributed by atoms with Crippen molar-refractivity contribution >= 4 is 11.9 Å². The normalized spacial score (nSPS) is 24.2. The van der Waals surface area contributed by atoms with Crippen LogP contribution < -0.4 is 5.73 Å². The highest BCUT2D eigenvalue weighted by Crippen LogP contribution is 2.17. The quantitative estimate of drug-likeness (QED) is 0.693. The molecule has 0 radical (unpaired) electrons. The summed E-state index contributed by atoms with van der Waals surface area (Å²) in [6, 6.07) is 0. The van der Waals surface area contributed by atoms with Crippen molar-refractivity contribution in [3.63, 3.8) is 0 Å². The Labute approximate surface area is 98.1 Å². The molecule has 1 aromatic rings. The summed E-state index contributed by atoms with van der Waals surface area (Å²) in [4.78, 5) is 17.4. The molecule has 0 aromatic carbocycles. The number of nitrogens with two attached hydrogens (primary N) is 1. The first kappa shape index (κ1) is 11.8. The summed E-state index contributed by atoms with van der Waals surface area (Å²) in [5.74, 6) is -0.0657. The SMILES string of the molecule is COC1CN(C(=O)c2nc(N)n[nH]2)CC1OC. The summed E-state index contributed by atoms with van der Waals surface area (Å²) in [7, 11) is 3.19. The molecule has 1 aliphatic rings. The number of hydrogen-bond donors (Lipinski definition) is 2. The first-order valence-corrected chi connectivity index (χ1v) is 5.18. The number of nitrogen functional groups attached to an aromatic ring is 1. The number of amides is 1. The van der Waals surface area contributed by atoms with Crippen LogP contribution >= 0.6 is 0 Å². The molecular weight excluding hydrogens is 226 g/mol. The maximum Gasteiger partial charge on any atom is 0.291 e. The van der Waals surface area contributed by atoms with Crippen LogP contribution in [0.3, 0.4) is 0 Å². The Bertz CT molecular complexity index is 395. The predicted molar refractivity (Wildman–Crippen MR) is 58.3 cm³/mol. The van der Waals surface area contributed by atoms with Crippen molar-refractivity contribution in [1.82, 2.24) is 20.1 Å². The molecule has 2 atom stereocenters. The highest BCUT2D eigenvalue weighted by atomic mass is 16.5. The molecule has 3 N–H and O–H groups in total. The van der Waals surface area contributed by atoms with Gasteiger partial charge in [0.15, 0.2) is 0 Å². The van der Waals surface area contributed by atoms with Crippen LogP contribution in [0.15, 0.2) is 0 Å².